The summed E-state index contributed by atoms with van der Waals surface area (Å²) in [7, 11) is 0. The van der Waals surface area contributed by atoms with Crippen LogP contribution >= 0.6 is 15.9 Å². The highest BCUT2D eigenvalue weighted by Crippen LogP contribution is 2.18. The van der Waals surface area contributed by atoms with E-state index in [1.165, 1.54) is 0 Å². The minimum atomic E-state index is 0.449. The van der Waals surface area contributed by atoms with Gasteiger partial charge in [0.05, 0.1) is 5.69 Å². The van der Waals surface area contributed by atoms with Gasteiger partial charge >= 0.3 is 0 Å². The summed E-state index contributed by atoms with van der Waals surface area (Å²) in [4.78, 5) is 4.25. The summed E-state index contributed by atoms with van der Waals surface area (Å²) in [5, 5.41) is 0. The maximum Gasteiger partial charge on any atom is 0.130 e. The molecular formula is C13H13BrN2O. The van der Waals surface area contributed by atoms with Crippen molar-refractivity contribution in [2.45, 2.75) is 13.2 Å². The van der Waals surface area contributed by atoms with Crippen LogP contribution in [0.15, 0.2) is 47.1 Å². The highest BCUT2D eigenvalue weighted by Gasteiger charge is 2.01. The van der Waals surface area contributed by atoms with Crippen LogP contribution in [-0.4, -0.2) is 4.98 Å². The number of hydrogen-bond donors (Lipinski definition) is 1. The monoisotopic (exact) mass is 292 g/mol. The number of para-hydroxylation sites is 1. The topological polar surface area (TPSA) is 48.1 Å². The first kappa shape index (κ1) is 12.1. The summed E-state index contributed by atoms with van der Waals surface area (Å²) in [5.74, 6) is 0.819. The number of nitrogens with zero attached hydrogens (tertiary/aromatic N) is 1. The van der Waals surface area contributed by atoms with Crippen molar-refractivity contribution in [1.29, 1.82) is 0 Å². The zero-order valence-corrected chi connectivity index (χ0v) is 10.9. The Labute approximate surface area is 109 Å². The molecule has 0 fully saturated rings. The second kappa shape index (κ2) is 5.80. The fraction of sp³-hybridized carbons (Fsp3) is 0.154. The van der Waals surface area contributed by atoms with E-state index in [1.807, 2.05) is 36.4 Å². The minimum absolute atomic E-state index is 0.449. The molecule has 0 atom stereocenters. The lowest BCUT2D eigenvalue weighted by atomic mass is 10.2. The number of nitrogens with two attached hydrogens (primary N) is 1. The molecule has 0 amide bonds. The van der Waals surface area contributed by atoms with Crippen LogP contribution in [0.1, 0.15) is 11.3 Å². The van der Waals surface area contributed by atoms with E-state index in [9.17, 15) is 0 Å². The Morgan fingerprint density at radius 3 is 2.71 bits per heavy atom. The zero-order chi connectivity index (χ0) is 12.1. The number of benzene rings is 1. The van der Waals surface area contributed by atoms with E-state index in [-0.39, 0.29) is 0 Å². The van der Waals surface area contributed by atoms with Crippen molar-refractivity contribution in [2.75, 3.05) is 0 Å². The van der Waals surface area contributed by atoms with Gasteiger partial charge in [0.2, 0.25) is 0 Å². The van der Waals surface area contributed by atoms with Crippen molar-refractivity contribution in [2.24, 2.45) is 5.73 Å². The van der Waals surface area contributed by atoms with Gasteiger partial charge in [-0.15, -0.1) is 0 Å². The molecule has 88 valence electrons. The van der Waals surface area contributed by atoms with Gasteiger partial charge in [-0.2, -0.15) is 0 Å². The van der Waals surface area contributed by atoms with Crippen LogP contribution in [-0.2, 0) is 13.2 Å². The van der Waals surface area contributed by atoms with Crippen LogP contribution in [0.25, 0.3) is 0 Å². The molecule has 2 aromatic rings. The van der Waals surface area contributed by atoms with Crippen LogP contribution in [0.3, 0.4) is 0 Å². The van der Waals surface area contributed by atoms with Crippen molar-refractivity contribution >= 4 is 15.9 Å². The Balaban J connectivity index is 2.04. The molecule has 17 heavy (non-hydrogen) atoms. The van der Waals surface area contributed by atoms with Gasteiger partial charge in [-0.3, -0.25) is 4.98 Å². The van der Waals surface area contributed by atoms with E-state index in [0.717, 1.165) is 21.5 Å². The molecule has 0 saturated carbocycles. The Kier molecular flexibility index (Phi) is 4.12. The maximum atomic E-state index is 5.70. The van der Waals surface area contributed by atoms with Crippen molar-refractivity contribution < 1.29 is 4.74 Å². The second-order valence-corrected chi connectivity index (χ2v) is 4.48. The number of rotatable bonds is 4. The summed E-state index contributed by atoms with van der Waals surface area (Å²) in [5.41, 5.74) is 7.53. The molecule has 4 heteroatoms. The second-order valence-electron chi connectivity index (χ2n) is 3.57. The van der Waals surface area contributed by atoms with Gasteiger partial charge in [0, 0.05) is 22.8 Å². The zero-order valence-electron chi connectivity index (χ0n) is 9.27. The number of hydrogen-bond acceptors (Lipinski definition) is 3. The molecule has 1 aromatic heterocycles. The Hall–Kier alpha value is -1.39. The third-order valence-corrected chi connectivity index (χ3v) is 2.83. The van der Waals surface area contributed by atoms with Gasteiger partial charge in [0.25, 0.3) is 0 Å². The summed E-state index contributed by atoms with van der Waals surface area (Å²) >= 11 is 3.34. The van der Waals surface area contributed by atoms with Crippen molar-refractivity contribution in [1.82, 2.24) is 4.98 Å². The van der Waals surface area contributed by atoms with E-state index in [0.29, 0.717) is 13.2 Å². The molecule has 1 aromatic carbocycles. The smallest absolute Gasteiger partial charge is 0.130 e. The lowest BCUT2D eigenvalue weighted by Crippen LogP contribution is -2.03. The highest BCUT2D eigenvalue weighted by molar-refractivity contribution is 9.10. The largest absolute Gasteiger partial charge is 0.487 e. The molecule has 0 aliphatic heterocycles. The van der Waals surface area contributed by atoms with E-state index in [2.05, 4.69) is 20.9 Å². The number of pyridine rings is 1. The van der Waals surface area contributed by atoms with Crippen molar-refractivity contribution in [3.8, 4) is 5.75 Å². The molecule has 0 aliphatic carbocycles. The van der Waals surface area contributed by atoms with Crippen molar-refractivity contribution in [3.05, 3.63) is 58.3 Å². The fourth-order valence-corrected chi connectivity index (χ4v) is 1.69. The first-order valence-electron chi connectivity index (χ1n) is 5.31. The predicted octanol–water partition coefficient (Wildman–Crippen LogP) is 2.88. The summed E-state index contributed by atoms with van der Waals surface area (Å²) in [6.07, 6.45) is 1.76. The van der Waals surface area contributed by atoms with E-state index >= 15 is 0 Å². The van der Waals surface area contributed by atoms with Gasteiger partial charge in [-0.25, -0.2) is 0 Å². The Bertz CT molecular complexity index is 485. The lowest BCUT2D eigenvalue weighted by Gasteiger charge is -2.09. The van der Waals surface area contributed by atoms with Crippen LogP contribution in [0.5, 0.6) is 5.75 Å². The maximum absolute atomic E-state index is 5.70. The van der Waals surface area contributed by atoms with E-state index < -0.39 is 0 Å². The van der Waals surface area contributed by atoms with Crippen LogP contribution in [0.4, 0.5) is 0 Å². The molecular weight excluding hydrogens is 280 g/mol. The fourth-order valence-electron chi connectivity index (χ4n) is 1.46. The number of ether oxygens (including phenoxy) is 1. The third kappa shape index (κ3) is 3.28. The average molecular weight is 293 g/mol. The van der Waals surface area contributed by atoms with Crippen LogP contribution in [0, 0.1) is 0 Å². The molecule has 1 heterocycles. The van der Waals surface area contributed by atoms with Crippen LogP contribution in [0.2, 0.25) is 0 Å². The Morgan fingerprint density at radius 2 is 2.00 bits per heavy atom. The van der Waals surface area contributed by atoms with Gasteiger partial charge < -0.3 is 10.5 Å². The molecule has 3 nitrogen and oxygen atoms in total. The minimum Gasteiger partial charge on any atom is -0.487 e. The SMILES string of the molecule is NCc1ccccc1OCc1ccc(Br)cn1. The quantitative estimate of drug-likeness (QED) is 0.943. The molecule has 0 bridgehead atoms. The van der Waals surface area contributed by atoms with E-state index in [1.54, 1.807) is 6.20 Å². The normalized spacial score (nSPS) is 10.2. The van der Waals surface area contributed by atoms with Crippen LogP contribution < -0.4 is 10.5 Å². The lowest BCUT2D eigenvalue weighted by molar-refractivity contribution is 0.298. The number of aromatic nitrogens is 1. The van der Waals surface area contributed by atoms with Gasteiger partial charge in [0.15, 0.2) is 0 Å². The highest BCUT2D eigenvalue weighted by atomic mass is 79.9. The third-order valence-electron chi connectivity index (χ3n) is 2.36. The molecule has 0 saturated heterocycles. The predicted molar refractivity (Wildman–Crippen MR) is 70.6 cm³/mol. The average Bonchev–Trinajstić information content (AvgIpc) is 2.38. The summed E-state index contributed by atoms with van der Waals surface area (Å²) < 4.78 is 6.66. The molecule has 0 unspecified atom stereocenters. The number of halogens is 1. The molecule has 0 radical (unpaired) electrons. The van der Waals surface area contributed by atoms with Gasteiger partial charge in [0.1, 0.15) is 12.4 Å². The van der Waals surface area contributed by atoms with Gasteiger partial charge in [-0.05, 0) is 34.1 Å². The van der Waals surface area contributed by atoms with Crippen molar-refractivity contribution in [3.63, 3.8) is 0 Å². The Morgan fingerprint density at radius 1 is 1.18 bits per heavy atom. The first-order chi connectivity index (χ1) is 8.29. The molecule has 2 N–H and O–H groups in total. The molecule has 0 spiro atoms. The molecule has 0 aliphatic rings. The summed E-state index contributed by atoms with van der Waals surface area (Å²) in [6, 6.07) is 11.6. The first-order valence-corrected chi connectivity index (χ1v) is 6.10. The summed E-state index contributed by atoms with van der Waals surface area (Å²) in [6.45, 7) is 0.925. The molecule has 2 rings (SSSR count). The van der Waals surface area contributed by atoms with Gasteiger partial charge in [-0.1, -0.05) is 18.2 Å². The van der Waals surface area contributed by atoms with E-state index in [4.69, 9.17) is 10.5 Å². The standard InChI is InChI=1S/C13H13BrN2O/c14-11-5-6-12(16-8-11)9-17-13-4-2-1-3-10(13)7-15/h1-6,8H,7,9,15H2.